The van der Waals surface area contributed by atoms with Crippen molar-refractivity contribution in [3.05, 3.63) is 34.4 Å². The molecular weight excluding hydrogens is 374 g/mol. The molecule has 0 saturated heterocycles. The first kappa shape index (κ1) is 24.3. The average molecular weight is 416 g/mol. The number of carbonyl (C=O) groups is 1. The van der Waals surface area contributed by atoms with Gasteiger partial charge in [0.25, 0.3) is 5.91 Å². The first-order chi connectivity index (χ1) is 14.3. The van der Waals surface area contributed by atoms with Gasteiger partial charge in [0.05, 0.1) is 11.7 Å². The number of carbonyl (C=O) groups excluding carboxylic acids is 1. The van der Waals surface area contributed by atoms with Crippen LogP contribution in [0.3, 0.4) is 0 Å². The molecule has 1 aliphatic rings. The average Bonchev–Trinajstić information content (AvgIpc) is 2.68. The van der Waals surface area contributed by atoms with Crippen molar-refractivity contribution in [3.63, 3.8) is 0 Å². The highest BCUT2D eigenvalue weighted by Crippen LogP contribution is 2.45. The number of amides is 1. The molecule has 0 heterocycles. The third-order valence-electron chi connectivity index (χ3n) is 6.00. The molecule has 2 rings (SSSR count). The zero-order valence-corrected chi connectivity index (χ0v) is 19.9. The molecule has 30 heavy (non-hydrogen) atoms. The van der Waals surface area contributed by atoms with E-state index in [4.69, 9.17) is 4.74 Å². The second kappa shape index (κ2) is 11.4. The smallest absolute Gasteiger partial charge is 0.257 e. The van der Waals surface area contributed by atoms with Crippen molar-refractivity contribution in [2.45, 2.75) is 98.5 Å². The van der Waals surface area contributed by atoms with Gasteiger partial charge >= 0.3 is 0 Å². The van der Waals surface area contributed by atoms with Gasteiger partial charge in [0.15, 0.2) is 0 Å². The van der Waals surface area contributed by atoms with E-state index in [2.05, 4.69) is 19.9 Å². The van der Waals surface area contributed by atoms with Crippen molar-refractivity contribution in [1.82, 2.24) is 4.90 Å². The van der Waals surface area contributed by atoms with Gasteiger partial charge in [0.1, 0.15) is 11.5 Å². The SMILES string of the molecule is CCCCCc1cc(OC(C)C)c([C@@H]2C=C(C)CCC2)c(O)c1C(=O)N(CC)CC. The monoisotopic (exact) mass is 415 g/mol. The van der Waals surface area contributed by atoms with Crippen LogP contribution in [-0.4, -0.2) is 35.1 Å². The van der Waals surface area contributed by atoms with E-state index in [0.29, 0.717) is 18.7 Å². The summed E-state index contributed by atoms with van der Waals surface area (Å²) in [7, 11) is 0. The van der Waals surface area contributed by atoms with E-state index < -0.39 is 0 Å². The van der Waals surface area contributed by atoms with Crippen LogP contribution in [0.5, 0.6) is 11.5 Å². The van der Waals surface area contributed by atoms with Crippen molar-refractivity contribution in [3.8, 4) is 11.5 Å². The fourth-order valence-electron chi connectivity index (χ4n) is 4.43. The number of phenols is 1. The number of phenolic OH excluding ortho intramolecular Hbond substituents is 1. The summed E-state index contributed by atoms with van der Waals surface area (Å²) in [6, 6.07) is 2.04. The number of benzene rings is 1. The molecule has 0 spiro atoms. The van der Waals surface area contributed by atoms with Crippen LogP contribution in [-0.2, 0) is 6.42 Å². The Morgan fingerprint density at radius 2 is 1.93 bits per heavy atom. The van der Waals surface area contributed by atoms with Gasteiger partial charge < -0.3 is 14.7 Å². The second-order valence-corrected chi connectivity index (χ2v) is 8.78. The molecule has 1 atom stereocenters. The minimum absolute atomic E-state index is 0.00430. The molecule has 1 aromatic rings. The number of aryl methyl sites for hydroxylation is 1. The summed E-state index contributed by atoms with van der Waals surface area (Å²) in [6.07, 6.45) is 9.39. The number of unbranched alkanes of at least 4 members (excludes halogenated alkanes) is 2. The molecule has 0 fully saturated rings. The standard InChI is InChI=1S/C26H41NO3/c1-7-10-11-14-21-17-22(30-18(4)5)23(20-15-12-13-19(6)16-20)25(28)24(21)26(29)27(8-2)9-3/h16-18,20,28H,7-15H2,1-6H3/t20-/m0/s1. The third kappa shape index (κ3) is 5.80. The molecule has 0 radical (unpaired) electrons. The minimum atomic E-state index is -0.0714. The van der Waals surface area contributed by atoms with E-state index in [9.17, 15) is 9.90 Å². The summed E-state index contributed by atoms with van der Waals surface area (Å²) < 4.78 is 6.20. The minimum Gasteiger partial charge on any atom is -0.507 e. The molecule has 168 valence electrons. The van der Waals surface area contributed by atoms with Crippen LogP contribution in [0.2, 0.25) is 0 Å². The summed E-state index contributed by atoms with van der Waals surface area (Å²) in [4.78, 5) is 15.2. The predicted molar refractivity (Wildman–Crippen MR) is 125 cm³/mol. The van der Waals surface area contributed by atoms with Crippen molar-refractivity contribution in [2.24, 2.45) is 0 Å². The van der Waals surface area contributed by atoms with E-state index in [-0.39, 0.29) is 23.7 Å². The number of rotatable bonds is 10. The van der Waals surface area contributed by atoms with Gasteiger partial charge in [-0.25, -0.2) is 0 Å². The number of hydrogen-bond donors (Lipinski definition) is 1. The third-order valence-corrected chi connectivity index (χ3v) is 6.00. The van der Waals surface area contributed by atoms with Crippen LogP contribution in [0.15, 0.2) is 17.7 Å². The van der Waals surface area contributed by atoms with Crippen LogP contribution in [0.4, 0.5) is 0 Å². The Hall–Kier alpha value is -1.97. The zero-order valence-electron chi connectivity index (χ0n) is 19.9. The number of aromatic hydroxyl groups is 1. The Balaban J connectivity index is 2.67. The molecule has 1 N–H and O–H groups in total. The Labute approximate surface area is 183 Å². The lowest BCUT2D eigenvalue weighted by molar-refractivity contribution is 0.0768. The molecule has 0 saturated carbocycles. The Kier molecular flexibility index (Phi) is 9.26. The second-order valence-electron chi connectivity index (χ2n) is 8.78. The van der Waals surface area contributed by atoms with Gasteiger partial charge in [-0.1, -0.05) is 31.4 Å². The van der Waals surface area contributed by atoms with Crippen molar-refractivity contribution in [1.29, 1.82) is 0 Å². The number of nitrogens with zero attached hydrogens (tertiary/aromatic N) is 1. The van der Waals surface area contributed by atoms with Gasteiger partial charge in [0, 0.05) is 24.6 Å². The van der Waals surface area contributed by atoms with E-state index in [0.717, 1.165) is 61.8 Å². The highest BCUT2D eigenvalue weighted by molar-refractivity contribution is 5.99. The Morgan fingerprint density at radius 1 is 1.23 bits per heavy atom. The van der Waals surface area contributed by atoms with Crippen molar-refractivity contribution < 1.29 is 14.6 Å². The first-order valence-corrected chi connectivity index (χ1v) is 11.9. The van der Waals surface area contributed by atoms with E-state index in [1.54, 1.807) is 4.90 Å². The van der Waals surface area contributed by atoms with Crippen molar-refractivity contribution >= 4 is 5.91 Å². The predicted octanol–water partition coefficient (Wildman–Crippen LogP) is 6.61. The first-order valence-electron chi connectivity index (χ1n) is 11.9. The molecule has 0 aromatic heterocycles. The molecule has 1 aliphatic carbocycles. The highest BCUT2D eigenvalue weighted by atomic mass is 16.5. The summed E-state index contributed by atoms with van der Waals surface area (Å²) in [5.74, 6) is 0.881. The Morgan fingerprint density at radius 3 is 2.50 bits per heavy atom. The molecule has 4 heteroatoms. The molecule has 4 nitrogen and oxygen atoms in total. The lowest BCUT2D eigenvalue weighted by Crippen LogP contribution is -2.31. The van der Waals surface area contributed by atoms with Gasteiger partial charge in [-0.3, -0.25) is 4.79 Å². The lowest BCUT2D eigenvalue weighted by Gasteiger charge is -2.28. The van der Waals surface area contributed by atoms with Crippen LogP contribution < -0.4 is 4.74 Å². The van der Waals surface area contributed by atoms with Gasteiger partial charge in [-0.05, 0) is 78.4 Å². The van der Waals surface area contributed by atoms with E-state index >= 15 is 0 Å². The van der Waals surface area contributed by atoms with Gasteiger partial charge in [-0.15, -0.1) is 0 Å². The molecule has 0 bridgehead atoms. The van der Waals surface area contributed by atoms with Crippen LogP contribution in [0, 0.1) is 0 Å². The molecular formula is C26H41NO3. The van der Waals surface area contributed by atoms with E-state index in [1.165, 1.54) is 5.57 Å². The Bertz CT molecular complexity index is 747. The fraction of sp³-hybridized carbons (Fsp3) is 0.654. The molecule has 0 unspecified atom stereocenters. The van der Waals surface area contributed by atoms with Gasteiger partial charge in [0.2, 0.25) is 0 Å². The van der Waals surface area contributed by atoms with Crippen LogP contribution >= 0.6 is 0 Å². The molecule has 1 amide bonds. The zero-order chi connectivity index (χ0) is 22.3. The topological polar surface area (TPSA) is 49.8 Å². The fourth-order valence-corrected chi connectivity index (χ4v) is 4.43. The van der Waals surface area contributed by atoms with E-state index in [1.807, 2.05) is 33.8 Å². The maximum Gasteiger partial charge on any atom is 0.257 e. The normalized spacial score (nSPS) is 16.5. The lowest BCUT2D eigenvalue weighted by atomic mass is 9.83. The number of ether oxygens (including phenoxy) is 1. The summed E-state index contributed by atoms with van der Waals surface area (Å²) >= 11 is 0. The summed E-state index contributed by atoms with van der Waals surface area (Å²) in [6.45, 7) is 13.6. The molecule has 0 aliphatic heterocycles. The largest absolute Gasteiger partial charge is 0.507 e. The van der Waals surface area contributed by atoms with Gasteiger partial charge in [-0.2, -0.15) is 0 Å². The highest BCUT2D eigenvalue weighted by Gasteiger charge is 2.30. The van der Waals surface area contributed by atoms with Crippen LogP contribution in [0.25, 0.3) is 0 Å². The quantitative estimate of drug-likeness (QED) is 0.345. The van der Waals surface area contributed by atoms with Crippen LogP contribution in [0.1, 0.15) is 107 Å². The van der Waals surface area contributed by atoms with Crippen molar-refractivity contribution in [2.75, 3.05) is 13.1 Å². The maximum absolute atomic E-state index is 13.4. The maximum atomic E-state index is 13.4. The summed E-state index contributed by atoms with van der Waals surface area (Å²) in [5, 5.41) is 11.5. The summed E-state index contributed by atoms with van der Waals surface area (Å²) in [5.41, 5.74) is 3.52. The number of allylic oxidation sites excluding steroid dienone is 2. The molecule has 1 aromatic carbocycles. The number of hydrogen-bond acceptors (Lipinski definition) is 3.